The van der Waals surface area contributed by atoms with E-state index in [9.17, 15) is 4.79 Å². The number of aryl methyl sites for hydroxylation is 1. The molecule has 2 aromatic heterocycles. The van der Waals surface area contributed by atoms with Gasteiger partial charge in [0.2, 0.25) is 11.9 Å². The Bertz CT molecular complexity index is 908. The predicted octanol–water partition coefficient (Wildman–Crippen LogP) is 2.27. The molecule has 162 valence electrons. The highest BCUT2D eigenvalue weighted by molar-refractivity contribution is 5.87. The minimum atomic E-state index is -0.180. The maximum Gasteiger partial charge on any atom is 0.230 e. The van der Waals surface area contributed by atoms with E-state index in [1.54, 1.807) is 6.20 Å². The smallest absolute Gasteiger partial charge is 0.230 e. The molecular weight excluding hydrogens is 380 g/mol. The average molecular weight is 413 g/mol. The summed E-state index contributed by atoms with van der Waals surface area (Å²) in [5.41, 5.74) is 1.69. The van der Waals surface area contributed by atoms with Crippen LogP contribution in [0.3, 0.4) is 0 Å². The van der Waals surface area contributed by atoms with Crippen molar-refractivity contribution in [3.63, 3.8) is 0 Å². The van der Waals surface area contributed by atoms with E-state index >= 15 is 0 Å². The van der Waals surface area contributed by atoms with Gasteiger partial charge in [0.25, 0.3) is 0 Å². The number of likely N-dealkylation sites (tertiary alicyclic amines) is 2. The van der Waals surface area contributed by atoms with Gasteiger partial charge in [-0.3, -0.25) is 9.48 Å². The number of carbonyl (C=O) groups excluding carboxylic acids is 1. The molecule has 0 saturated carbocycles. The van der Waals surface area contributed by atoms with Gasteiger partial charge in [0.05, 0.1) is 22.8 Å². The summed E-state index contributed by atoms with van der Waals surface area (Å²) in [4.78, 5) is 25.1. The van der Waals surface area contributed by atoms with Gasteiger partial charge in [0.15, 0.2) is 0 Å². The molecule has 9 nitrogen and oxygen atoms in total. The van der Waals surface area contributed by atoms with Crippen LogP contribution in [-0.4, -0.2) is 75.2 Å². The zero-order chi connectivity index (χ0) is 21.3. The summed E-state index contributed by atoms with van der Waals surface area (Å²) in [7, 11) is 2.14. The average Bonchev–Trinajstić information content (AvgIpc) is 3.30. The number of β-lactam (4-membered cyclic amide) rings is 1. The van der Waals surface area contributed by atoms with Crippen LogP contribution in [0.15, 0.2) is 18.5 Å². The van der Waals surface area contributed by atoms with Gasteiger partial charge in [-0.15, -0.1) is 0 Å². The number of likely N-dealkylation sites (N-methyl/N-ethyl adjacent to an activating group) is 1. The van der Waals surface area contributed by atoms with Crippen LogP contribution in [0.25, 0.3) is 0 Å². The first-order valence-corrected chi connectivity index (χ1v) is 10.7. The number of amides is 1. The fourth-order valence-corrected chi connectivity index (χ4v) is 4.18. The summed E-state index contributed by atoms with van der Waals surface area (Å²) >= 11 is 0. The summed E-state index contributed by atoms with van der Waals surface area (Å²) in [6.07, 6.45) is 5.79. The Morgan fingerprint density at radius 1 is 1.33 bits per heavy atom. The van der Waals surface area contributed by atoms with Crippen molar-refractivity contribution in [2.24, 2.45) is 5.41 Å². The number of nitrogens with one attached hydrogen (secondary N) is 2. The molecule has 0 radical (unpaired) electrons. The van der Waals surface area contributed by atoms with Crippen LogP contribution < -0.4 is 10.6 Å². The number of hydrogen-bond acceptors (Lipinski definition) is 7. The molecule has 4 heterocycles. The molecule has 2 aromatic rings. The molecule has 30 heavy (non-hydrogen) atoms. The minimum Gasteiger partial charge on any atom is -0.370 e. The van der Waals surface area contributed by atoms with Crippen LogP contribution in [0.4, 0.5) is 17.5 Å². The molecule has 1 unspecified atom stereocenters. The lowest BCUT2D eigenvalue weighted by atomic mass is 9.83. The monoisotopic (exact) mass is 412 g/mol. The summed E-state index contributed by atoms with van der Waals surface area (Å²) in [6.45, 7) is 10.5. The quantitative estimate of drug-likeness (QED) is 0.508. The van der Waals surface area contributed by atoms with E-state index in [4.69, 9.17) is 0 Å². The topological polar surface area (TPSA) is 91.2 Å². The van der Waals surface area contributed by atoms with Crippen molar-refractivity contribution < 1.29 is 4.79 Å². The Morgan fingerprint density at radius 3 is 2.87 bits per heavy atom. The van der Waals surface area contributed by atoms with Gasteiger partial charge in [0, 0.05) is 38.6 Å². The Morgan fingerprint density at radius 2 is 2.17 bits per heavy atom. The Balaban J connectivity index is 1.28. The van der Waals surface area contributed by atoms with Gasteiger partial charge in [-0.25, -0.2) is 4.98 Å². The summed E-state index contributed by atoms with van der Waals surface area (Å²) in [5, 5.41) is 11.3. The Kier molecular flexibility index (Phi) is 5.64. The van der Waals surface area contributed by atoms with Crippen LogP contribution in [0.5, 0.6) is 0 Å². The largest absolute Gasteiger partial charge is 0.370 e. The Labute approximate surface area is 177 Å². The third kappa shape index (κ3) is 4.40. The van der Waals surface area contributed by atoms with Gasteiger partial charge in [0.1, 0.15) is 5.82 Å². The maximum atomic E-state index is 12.0. The van der Waals surface area contributed by atoms with Crippen molar-refractivity contribution in [3.05, 3.63) is 24.2 Å². The number of hydrogen-bond donors (Lipinski definition) is 2. The Hall–Kier alpha value is -2.68. The third-order valence-corrected chi connectivity index (χ3v) is 5.92. The minimum absolute atomic E-state index is 0.180. The molecule has 2 N–H and O–H groups in total. The van der Waals surface area contributed by atoms with E-state index in [2.05, 4.69) is 42.3 Å². The number of aromatic nitrogens is 4. The highest BCUT2D eigenvalue weighted by atomic mass is 16.2. The summed E-state index contributed by atoms with van der Waals surface area (Å²) < 4.78 is 2.06. The van der Waals surface area contributed by atoms with Gasteiger partial charge in [-0.05, 0) is 53.3 Å². The SMILES string of the molecule is Cc1nn(C2CCN(C)C2)cc1Nc1nccc(NCCCN2CC(C)(C)C2=O)n1. The molecule has 0 aromatic carbocycles. The fraction of sp³-hybridized carbons (Fsp3) is 0.619. The lowest BCUT2D eigenvalue weighted by Crippen LogP contribution is -2.58. The maximum absolute atomic E-state index is 12.0. The van der Waals surface area contributed by atoms with Crippen molar-refractivity contribution in [1.82, 2.24) is 29.5 Å². The molecule has 0 spiro atoms. The molecule has 1 amide bonds. The number of rotatable bonds is 8. The van der Waals surface area contributed by atoms with Crippen LogP contribution in [0.1, 0.15) is 38.4 Å². The highest BCUT2D eigenvalue weighted by Gasteiger charge is 2.43. The normalized spacial score (nSPS) is 21.0. The van der Waals surface area contributed by atoms with Crippen molar-refractivity contribution >= 4 is 23.4 Å². The third-order valence-electron chi connectivity index (χ3n) is 5.92. The predicted molar refractivity (Wildman–Crippen MR) is 117 cm³/mol. The molecule has 2 aliphatic heterocycles. The van der Waals surface area contributed by atoms with Crippen LogP contribution in [0.2, 0.25) is 0 Å². The standard InChI is InChI=1S/C21H32N8O/c1-15-17(13-29(26-15)16-7-11-27(4)12-16)24-20-23-9-6-18(25-20)22-8-5-10-28-14-21(2,3)19(28)30/h6,9,13,16H,5,7-8,10-12,14H2,1-4H3,(H2,22,23,24,25). The highest BCUT2D eigenvalue weighted by Crippen LogP contribution is 2.30. The van der Waals surface area contributed by atoms with E-state index < -0.39 is 0 Å². The number of carbonyl (C=O) groups is 1. The van der Waals surface area contributed by atoms with Crippen LogP contribution >= 0.6 is 0 Å². The van der Waals surface area contributed by atoms with Crippen molar-refractivity contribution in [3.8, 4) is 0 Å². The molecule has 2 fully saturated rings. The van der Waals surface area contributed by atoms with E-state index in [1.807, 2.05) is 37.9 Å². The second-order valence-corrected chi connectivity index (χ2v) is 9.09. The second-order valence-electron chi connectivity index (χ2n) is 9.09. The van der Waals surface area contributed by atoms with E-state index in [0.717, 1.165) is 62.8 Å². The first-order valence-electron chi connectivity index (χ1n) is 10.7. The second kappa shape index (κ2) is 8.22. The van der Waals surface area contributed by atoms with Crippen molar-refractivity contribution in [2.75, 3.05) is 50.4 Å². The van der Waals surface area contributed by atoms with Crippen molar-refractivity contribution in [2.45, 2.75) is 39.7 Å². The van der Waals surface area contributed by atoms with E-state index in [-0.39, 0.29) is 11.3 Å². The molecule has 1 atom stereocenters. The fourth-order valence-electron chi connectivity index (χ4n) is 4.18. The number of nitrogens with zero attached hydrogens (tertiary/aromatic N) is 6. The lowest BCUT2D eigenvalue weighted by molar-refractivity contribution is -0.156. The van der Waals surface area contributed by atoms with E-state index in [0.29, 0.717) is 12.0 Å². The van der Waals surface area contributed by atoms with Crippen LogP contribution in [0, 0.1) is 12.3 Å². The van der Waals surface area contributed by atoms with Crippen LogP contribution in [-0.2, 0) is 4.79 Å². The lowest BCUT2D eigenvalue weighted by Gasteiger charge is -2.44. The zero-order valence-electron chi connectivity index (χ0n) is 18.4. The first kappa shape index (κ1) is 20.6. The molecular formula is C21H32N8O. The van der Waals surface area contributed by atoms with Gasteiger partial charge >= 0.3 is 0 Å². The summed E-state index contributed by atoms with van der Waals surface area (Å²) in [6, 6.07) is 2.27. The number of anilines is 3. The molecule has 2 saturated heterocycles. The molecule has 2 aliphatic rings. The van der Waals surface area contributed by atoms with Gasteiger partial charge in [-0.1, -0.05) is 0 Å². The van der Waals surface area contributed by atoms with Gasteiger partial charge in [-0.2, -0.15) is 10.1 Å². The molecule has 4 rings (SSSR count). The van der Waals surface area contributed by atoms with E-state index in [1.165, 1.54) is 0 Å². The summed E-state index contributed by atoms with van der Waals surface area (Å²) in [5.74, 6) is 1.56. The molecule has 0 bridgehead atoms. The molecule has 9 heteroatoms. The van der Waals surface area contributed by atoms with Gasteiger partial charge < -0.3 is 20.4 Å². The zero-order valence-corrected chi connectivity index (χ0v) is 18.4. The molecule has 0 aliphatic carbocycles. The first-order chi connectivity index (χ1) is 14.3. The van der Waals surface area contributed by atoms with Crippen molar-refractivity contribution in [1.29, 1.82) is 0 Å².